The van der Waals surface area contributed by atoms with Crippen molar-refractivity contribution in [3.05, 3.63) is 53.6 Å². The first-order chi connectivity index (χ1) is 12.0. The standard InChI is InChI=1S/C18H16ClN3O3/c1-22-17(23)10-8-14(21-22)18(24)20-15-11-12(19)7-9-16(15)25-13-5-3-2-4-6-13/h2-7,9,11H,8,10H2,1H3,(H,20,24). The number of rotatable bonds is 4. The van der Waals surface area contributed by atoms with E-state index in [-0.39, 0.29) is 23.9 Å². The Labute approximate surface area is 150 Å². The monoisotopic (exact) mass is 357 g/mol. The Morgan fingerprint density at radius 2 is 1.96 bits per heavy atom. The highest BCUT2D eigenvalue weighted by Gasteiger charge is 2.22. The normalized spacial score (nSPS) is 14.1. The van der Waals surface area contributed by atoms with Crippen LogP contribution in [0.5, 0.6) is 11.5 Å². The zero-order valence-corrected chi connectivity index (χ0v) is 14.3. The van der Waals surface area contributed by atoms with Crippen LogP contribution in [0.3, 0.4) is 0 Å². The molecule has 0 aromatic heterocycles. The fourth-order valence-electron chi connectivity index (χ4n) is 2.33. The predicted octanol–water partition coefficient (Wildman–Crippen LogP) is 3.68. The molecule has 0 aliphatic carbocycles. The van der Waals surface area contributed by atoms with Crippen molar-refractivity contribution in [2.24, 2.45) is 5.10 Å². The van der Waals surface area contributed by atoms with Crippen molar-refractivity contribution >= 4 is 34.8 Å². The van der Waals surface area contributed by atoms with Gasteiger partial charge in [-0.2, -0.15) is 5.10 Å². The molecular formula is C18H16ClN3O3. The summed E-state index contributed by atoms with van der Waals surface area (Å²) in [5, 5.41) is 8.41. The molecule has 0 spiro atoms. The SMILES string of the molecule is CN1N=C(C(=O)Nc2cc(Cl)ccc2Oc2ccccc2)CCC1=O. The lowest BCUT2D eigenvalue weighted by molar-refractivity contribution is -0.130. The Kier molecular flexibility index (Phi) is 5.00. The van der Waals surface area contributed by atoms with Gasteiger partial charge in [0.25, 0.3) is 5.91 Å². The van der Waals surface area contributed by atoms with E-state index in [9.17, 15) is 9.59 Å². The highest BCUT2D eigenvalue weighted by Crippen LogP contribution is 2.32. The number of ether oxygens (including phenoxy) is 1. The molecule has 128 valence electrons. The minimum atomic E-state index is -0.389. The van der Waals surface area contributed by atoms with Crippen molar-refractivity contribution in [3.8, 4) is 11.5 Å². The molecule has 0 saturated carbocycles. The smallest absolute Gasteiger partial charge is 0.271 e. The van der Waals surface area contributed by atoms with Gasteiger partial charge in [0.05, 0.1) is 5.69 Å². The van der Waals surface area contributed by atoms with Crippen molar-refractivity contribution < 1.29 is 14.3 Å². The maximum absolute atomic E-state index is 12.5. The lowest BCUT2D eigenvalue weighted by Crippen LogP contribution is -2.34. The average Bonchev–Trinajstić information content (AvgIpc) is 2.60. The van der Waals surface area contributed by atoms with Crippen molar-refractivity contribution in [2.75, 3.05) is 12.4 Å². The lowest BCUT2D eigenvalue weighted by Gasteiger charge is -2.19. The number of nitrogens with one attached hydrogen (secondary N) is 1. The van der Waals surface area contributed by atoms with Crippen LogP contribution in [0.1, 0.15) is 12.8 Å². The van der Waals surface area contributed by atoms with E-state index in [1.54, 1.807) is 18.2 Å². The molecule has 1 N–H and O–H groups in total. The zero-order valence-electron chi connectivity index (χ0n) is 13.5. The summed E-state index contributed by atoms with van der Waals surface area (Å²) in [7, 11) is 1.53. The third-order valence-corrected chi connectivity index (χ3v) is 3.87. The van der Waals surface area contributed by atoms with Crippen LogP contribution in [0.25, 0.3) is 0 Å². The number of amides is 2. The second-order valence-electron chi connectivity index (χ2n) is 5.47. The van der Waals surface area contributed by atoms with E-state index in [1.807, 2.05) is 30.3 Å². The Morgan fingerprint density at radius 1 is 1.20 bits per heavy atom. The quantitative estimate of drug-likeness (QED) is 0.907. The van der Waals surface area contributed by atoms with E-state index in [0.717, 1.165) is 0 Å². The highest BCUT2D eigenvalue weighted by molar-refractivity contribution is 6.43. The van der Waals surface area contributed by atoms with Gasteiger partial charge in [0.1, 0.15) is 11.5 Å². The van der Waals surface area contributed by atoms with Gasteiger partial charge in [0, 0.05) is 24.9 Å². The first kappa shape index (κ1) is 17.0. The second-order valence-corrected chi connectivity index (χ2v) is 5.91. The number of halogens is 1. The molecule has 1 heterocycles. The van der Waals surface area contributed by atoms with E-state index >= 15 is 0 Å². The Hall–Kier alpha value is -2.86. The largest absolute Gasteiger partial charge is 0.455 e. The molecule has 2 amide bonds. The lowest BCUT2D eigenvalue weighted by atomic mass is 10.1. The van der Waals surface area contributed by atoms with Crippen LogP contribution in [0, 0.1) is 0 Å². The molecule has 1 aliphatic rings. The topological polar surface area (TPSA) is 71.0 Å². The van der Waals surface area contributed by atoms with Gasteiger partial charge in [-0.1, -0.05) is 29.8 Å². The first-order valence-electron chi connectivity index (χ1n) is 7.71. The summed E-state index contributed by atoms with van der Waals surface area (Å²) in [5.41, 5.74) is 0.719. The fraction of sp³-hybridized carbons (Fsp3) is 0.167. The van der Waals surface area contributed by atoms with Crippen LogP contribution < -0.4 is 10.1 Å². The van der Waals surface area contributed by atoms with Gasteiger partial charge in [-0.25, -0.2) is 5.01 Å². The van der Waals surface area contributed by atoms with Crippen LogP contribution in [0.2, 0.25) is 5.02 Å². The molecule has 0 unspecified atom stereocenters. The predicted molar refractivity (Wildman–Crippen MR) is 96.0 cm³/mol. The maximum Gasteiger partial charge on any atom is 0.271 e. The highest BCUT2D eigenvalue weighted by atomic mass is 35.5. The van der Waals surface area contributed by atoms with Crippen molar-refractivity contribution in [2.45, 2.75) is 12.8 Å². The first-order valence-corrected chi connectivity index (χ1v) is 8.08. The van der Waals surface area contributed by atoms with Crippen LogP contribution in [0.15, 0.2) is 53.6 Å². The molecule has 0 saturated heterocycles. The number of benzene rings is 2. The summed E-state index contributed by atoms with van der Waals surface area (Å²) >= 11 is 6.04. The average molecular weight is 358 g/mol. The van der Waals surface area contributed by atoms with Gasteiger partial charge in [-0.3, -0.25) is 9.59 Å². The van der Waals surface area contributed by atoms with Gasteiger partial charge < -0.3 is 10.1 Å². The molecular weight excluding hydrogens is 342 g/mol. The molecule has 2 aromatic rings. The van der Waals surface area contributed by atoms with E-state index in [1.165, 1.54) is 12.1 Å². The third-order valence-electron chi connectivity index (χ3n) is 3.63. The Morgan fingerprint density at radius 3 is 2.68 bits per heavy atom. The molecule has 0 bridgehead atoms. The fourth-order valence-corrected chi connectivity index (χ4v) is 2.50. The molecule has 1 aliphatic heterocycles. The summed E-state index contributed by atoms with van der Waals surface area (Å²) in [4.78, 5) is 23.9. The number of anilines is 1. The van der Waals surface area contributed by atoms with Gasteiger partial charge in [0.15, 0.2) is 5.75 Å². The van der Waals surface area contributed by atoms with Crippen LogP contribution in [0.4, 0.5) is 5.69 Å². The summed E-state index contributed by atoms with van der Waals surface area (Å²) in [6, 6.07) is 14.2. The number of carbonyl (C=O) groups excluding carboxylic acids is 2. The molecule has 0 atom stereocenters. The minimum absolute atomic E-state index is 0.118. The number of nitrogens with zero attached hydrogens (tertiary/aromatic N) is 2. The molecule has 3 rings (SSSR count). The maximum atomic E-state index is 12.5. The number of carbonyl (C=O) groups is 2. The summed E-state index contributed by atoms with van der Waals surface area (Å²) in [6.45, 7) is 0. The van der Waals surface area contributed by atoms with E-state index < -0.39 is 0 Å². The molecule has 0 fully saturated rings. The summed E-state index contributed by atoms with van der Waals surface area (Å²) in [6.07, 6.45) is 0.552. The third kappa shape index (κ3) is 4.16. The van der Waals surface area contributed by atoms with Crippen LogP contribution in [-0.4, -0.2) is 29.6 Å². The van der Waals surface area contributed by atoms with Crippen molar-refractivity contribution in [1.82, 2.24) is 5.01 Å². The second kappa shape index (κ2) is 7.36. The summed E-state index contributed by atoms with van der Waals surface area (Å²) < 4.78 is 5.81. The van der Waals surface area contributed by atoms with Crippen molar-refractivity contribution in [3.63, 3.8) is 0 Å². The minimum Gasteiger partial charge on any atom is -0.455 e. The Bertz CT molecular complexity index is 837. The number of para-hydroxylation sites is 1. The number of hydrazone groups is 1. The van der Waals surface area contributed by atoms with Crippen LogP contribution in [-0.2, 0) is 9.59 Å². The number of hydrogen-bond acceptors (Lipinski definition) is 4. The molecule has 25 heavy (non-hydrogen) atoms. The van der Waals surface area contributed by atoms with Crippen LogP contribution >= 0.6 is 11.6 Å². The van der Waals surface area contributed by atoms with E-state index in [2.05, 4.69) is 10.4 Å². The van der Waals surface area contributed by atoms with Gasteiger partial charge in [-0.05, 0) is 30.3 Å². The molecule has 2 aromatic carbocycles. The van der Waals surface area contributed by atoms with E-state index in [4.69, 9.17) is 16.3 Å². The Balaban J connectivity index is 1.82. The van der Waals surface area contributed by atoms with Gasteiger partial charge in [0.2, 0.25) is 5.91 Å². The number of hydrogen-bond donors (Lipinski definition) is 1. The zero-order chi connectivity index (χ0) is 17.8. The molecule has 6 nitrogen and oxygen atoms in total. The molecule has 7 heteroatoms. The van der Waals surface area contributed by atoms with Gasteiger partial charge in [-0.15, -0.1) is 0 Å². The molecule has 0 radical (unpaired) electrons. The summed E-state index contributed by atoms with van der Waals surface area (Å²) in [5.74, 6) is 0.595. The van der Waals surface area contributed by atoms with E-state index in [0.29, 0.717) is 28.6 Å². The van der Waals surface area contributed by atoms with Crippen molar-refractivity contribution in [1.29, 1.82) is 0 Å². The van der Waals surface area contributed by atoms with Gasteiger partial charge >= 0.3 is 0 Å².